The molecule has 0 aliphatic rings. The summed E-state index contributed by atoms with van der Waals surface area (Å²) in [5, 5.41) is 21.2. The quantitative estimate of drug-likeness (QED) is 0.560. The maximum Gasteiger partial charge on any atom is 0.353 e. The van der Waals surface area contributed by atoms with Crippen molar-refractivity contribution in [2.75, 3.05) is 23.7 Å². The van der Waals surface area contributed by atoms with Crippen LogP contribution in [0, 0.1) is 10.1 Å². The molecule has 2 heterocycles. The lowest BCUT2D eigenvalue weighted by atomic mass is 10.4. The van der Waals surface area contributed by atoms with Crippen LogP contribution in [0.2, 0.25) is 0 Å². The minimum Gasteiger partial charge on any atom is -0.364 e. The fourth-order valence-corrected chi connectivity index (χ4v) is 1.78. The third-order valence-electron chi connectivity index (χ3n) is 2.74. The van der Waals surface area contributed by atoms with Crippen LogP contribution in [0.1, 0.15) is 13.3 Å². The zero-order valence-corrected chi connectivity index (χ0v) is 11.7. The zero-order chi connectivity index (χ0) is 15.1. The Labute approximate surface area is 121 Å². The van der Waals surface area contributed by atoms with Gasteiger partial charge in [-0.1, -0.05) is 6.92 Å². The van der Waals surface area contributed by atoms with Crippen LogP contribution in [0.5, 0.6) is 0 Å². The molecule has 2 N–H and O–H groups in total. The van der Waals surface area contributed by atoms with Gasteiger partial charge in [-0.3, -0.25) is 14.8 Å². The number of nitrogens with zero attached hydrogens (tertiary/aromatic N) is 5. The Bertz CT molecular complexity index is 585. The molecule has 0 aliphatic heterocycles. The van der Waals surface area contributed by atoms with Gasteiger partial charge in [0.15, 0.2) is 0 Å². The Morgan fingerprint density at radius 2 is 2.00 bits per heavy atom. The van der Waals surface area contributed by atoms with Crippen molar-refractivity contribution in [2.45, 2.75) is 19.9 Å². The highest BCUT2D eigenvalue weighted by Gasteiger charge is 2.22. The summed E-state index contributed by atoms with van der Waals surface area (Å²) in [4.78, 5) is 18.6. The molecule has 9 nitrogen and oxygen atoms in total. The van der Waals surface area contributed by atoms with Gasteiger partial charge in [0.2, 0.25) is 11.6 Å². The Morgan fingerprint density at radius 3 is 2.57 bits per heavy atom. The molecule has 0 bridgehead atoms. The van der Waals surface area contributed by atoms with Gasteiger partial charge in [-0.2, -0.15) is 5.10 Å². The van der Waals surface area contributed by atoms with Gasteiger partial charge in [-0.15, -0.1) is 0 Å². The molecule has 0 saturated carbocycles. The fraction of sp³-hybridized carbons (Fsp3) is 0.417. The van der Waals surface area contributed by atoms with Crippen LogP contribution in [-0.4, -0.2) is 37.8 Å². The third-order valence-corrected chi connectivity index (χ3v) is 2.74. The second-order valence-corrected chi connectivity index (χ2v) is 4.30. The molecule has 0 amide bonds. The Kier molecular flexibility index (Phi) is 5.02. The summed E-state index contributed by atoms with van der Waals surface area (Å²) < 4.78 is 1.73. The summed E-state index contributed by atoms with van der Waals surface area (Å²) in [7, 11) is 0. The number of rotatable bonds is 8. The van der Waals surface area contributed by atoms with E-state index in [4.69, 9.17) is 0 Å². The average molecular weight is 291 g/mol. The van der Waals surface area contributed by atoms with Gasteiger partial charge in [0.1, 0.15) is 6.33 Å². The standard InChI is InChI=1S/C12H17N7O2/c1-2-4-13-11-10(19(20)21)12(16-9-15-11)14-6-8-18-7-3-5-17-18/h3,5,7,9H,2,4,6,8H2,1H3,(H2,13,14,15,16). The van der Waals surface area contributed by atoms with E-state index in [1.807, 2.05) is 19.2 Å². The van der Waals surface area contributed by atoms with Crippen LogP contribution in [0.15, 0.2) is 24.8 Å². The van der Waals surface area contributed by atoms with E-state index in [1.54, 1.807) is 10.9 Å². The molecule has 0 spiro atoms. The lowest BCUT2D eigenvalue weighted by Gasteiger charge is -2.09. The van der Waals surface area contributed by atoms with E-state index < -0.39 is 4.92 Å². The minimum atomic E-state index is -0.478. The van der Waals surface area contributed by atoms with E-state index in [0.29, 0.717) is 19.6 Å². The summed E-state index contributed by atoms with van der Waals surface area (Å²) in [6.07, 6.45) is 5.66. The molecule has 0 aliphatic carbocycles. The molecule has 112 valence electrons. The van der Waals surface area contributed by atoms with Crippen LogP contribution in [0.3, 0.4) is 0 Å². The first kappa shape index (κ1) is 14.7. The summed E-state index contributed by atoms with van der Waals surface area (Å²) in [5.41, 5.74) is -0.133. The molecule has 9 heteroatoms. The van der Waals surface area contributed by atoms with Crippen LogP contribution in [0.4, 0.5) is 17.3 Å². The third kappa shape index (κ3) is 3.88. The second kappa shape index (κ2) is 7.17. The number of hydrogen-bond donors (Lipinski definition) is 2. The van der Waals surface area contributed by atoms with E-state index in [9.17, 15) is 10.1 Å². The molecule has 2 rings (SSSR count). The van der Waals surface area contributed by atoms with E-state index in [2.05, 4.69) is 25.7 Å². The highest BCUT2D eigenvalue weighted by atomic mass is 16.6. The largest absolute Gasteiger partial charge is 0.364 e. The normalized spacial score (nSPS) is 10.3. The van der Waals surface area contributed by atoms with E-state index in [1.165, 1.54) is 6.33 Å². The maximum absolute atomic E-state index is 11.2. The van der Waals surface area contributed by atoms with Gasteiger partial charge in [-0.05, 0) is 12.5 Å². The number of nitro groups is 1. The predicted octanol–water partition coefficient (Wildman–Crippen LogP) is 1.52. The summed E-state index contributed by atoms with van der Waals surface area (Å²) in [5.74, 6) is 0.444. The smallest absolute Gasteiger partial charge is 0.353 e. The molecule has 2 aromatic rings. The van der Waals surface area contributed by atoms with Crippen molar-refractivity contribution in [1.82, 2.24) is 19.7 Å². The summed E-state index contributed by atoms with van der Waals surface area (Å²) in [6, 6.07) is 1.82. The Balaban J connectivity index is 2.08. The highest BCUT2D eigenvalue weighted by molar-refractivity contribution is 5.69. The lowest BCUT2D eigenvalue weighted by Crippen LogP contribution is -2.14. The maximum atomic E-state index is 11.2. The first-order valence-electron chi connectivity index (χ1n) is 6.67. The lowest BCUT2D eigenvalue weighted by molar-refractivity contribution is -0.383. The number of nitrogens with one attached hydrogen (secondary N) is 2. The van der Waals surface area contributed by atoms with Crippen molar-refractivity contribution < 1.29 is 4.92 Å². The predicted molar refractivity (Wildman–Crippen MR) is 78.2 cm³/mol. The first-order chi connectivity index (χ1) is 10.2. The summed E-state index contributed by atoms with van der Waals surface area (Å²) in [6.45, 7) is 3.66. The van der Waals surface area contributed by atoms with Crippen molar-refractivity contribution in [3.05, 3.63) is 34.9 Å². The van der Waals surface area contributed by atoms with Crippen LogP contribution >= 0.6 is 0 Å². The first-order valence-corrected chi connectivity index (χ1v) is 6.67. The average Bonchev–Trinajstić information content (AvgIpc) is 2.98. The minimum absolute atomic E-state index is 0.133. The van der Waals surface area contributed by atoms with Gasteiger partial charge < -0.3 is 10.6 Å². The van der Waals surface area contributed by atoms with Gasteiger partial charge in [0.05, 0.1) is 11.5 Å². The topological polar surface area (TPSA) is 111 Å². The number of hydrogen-bond acceptors (Lipinski definition) is 7. The molecule has 2 aromatic heterocycles. The molecule has 0 fully saturated rings. The molecule has 0 unspecified atom stereocenters. The molecular formula is C12H17N7O2. The second-order valence-electron chi connectivity index (χ2n) is 4.30. The monoisotopic (exact) mass is 291 g/mol. The van der Waals surface area contributed by atoms with Crippen molar-refractivity contribution in [3.63, 3.8) is 0 Å². The van der Waals surface area contributed by atoms with Crippen molar-refractivity contribution in [2.24, 2.45) is 0 Å². The van der Waals surface area contributed by atoms with Crippen LogP contribution in [0.25, 0.3) is 0 Å². The number of anilines is 2. The van der Waals surface area contributed by atoms with Gasteiger partial charge in [0, 0.05) is 25.5 Å². The molecule has 0 radical (unpaired) electrons. The van der Waals surface area contributed by atoms with Crippen molar-refractivity contribution in [1.29, 1.82) is 0 Å². The molecule has 21 heavy (non-hydrogen) atoms. The molecule has 0 saturated heterocycles. The van der Waals surface area contributed by atoms with Crippen LogP contribution in [-0.2, 0) is 6.54 Å². The van der Waals surface area contributed by atoms with E-state index in [-0.39, 0.29) is 17.3 Å². The van der Waals surface area contributed by atoms with Crippen molar-refractivity contribution in [3.8, 4) is 0 Å². The Morgan fingerprint density at radius 1 is 1.29 bits per heavy atom. The Hall–Kier alpha value is -2.71. The zero-order valence-electron chi connectivity index (χ0n) is 11.7. The van der Waals surface area contributed by atoms with E-state index >= 15 is 0 Å². The van der Waals surface area contributed by atoms with Gasteiger partial charge in [0.25, 0.3) is 0 Å². The van der Waals surface area contributed by atoms with Gasteiger partial charge >= 0.3 is 5.69 Å². The summed E-state index contributed by atoms with van der Waals surface area (Å²) >= 11 is 0. The number of aromatic nitrogens is 4. The van der Waals surface area contributed by atoms with Crippen LogP contribution < -0.4 is 10.6 Å². The fourth-order valence-electron chi connectivity index (χ4n) is 1.78. The highest BCUT2D eigenvalue weighted by Crippen LogP contribution is 2.28. The molecular weight excluding hydrogens is 274 g/mol. The van der Waals surface area contributed by atoms with E-state index in [0.717, 1.165) is 6.42 Å². The SMILES string of the molecule is CCCNc1ncnc(NCCn2cccn2)c1[N+](=O)[O-]. The molecule has 0 atom stereocenters. The molecule has 0 aromatic carbocycles. The van der Waals surface area contributed by atoms with Gasteiger partial charge in [-0.25, -0.2) is 9.97 Å². The van der Waals surface area contributed by atoms with Crippen molar-refractivity contribution >= 4 is 17.3 Å².